The predicted octanol–water partition coefficient (Wildman–Crippen LogP) is 2.93. The molecule has 0 amide bonds. The Bertz CT molecular complexity index is 617. The highest BCUT2D eigenvalue weighted by Crippen LogP contribution is 2.31. The van der Waals surface area contributed by atoms with E-state index < -0.39 is 0 Å². The highest BCUT2D eigenvalue weighted by molar-refractivity contribution is 6.28. The SMILES string of the molecule is Cc1cnc(Cl)nc1N1CCN(C)CC1c1ccccc1. The Morgan fingerprint density at radius 2 is 1.95 bits per heavy atom. The first kappa shape index (κ1) is 14.3. The molecule has 1 aliphatic heterocycles. The fraction of sp³-hybridized carbons (Fsp3) is 0.375. The summed E-state index contributed by atoms with van der Waals surface area (Å²) in [7, 11) is 2.16. The average Bonchev–Trinajstić information content (AvgIpc) is 2.51. The minimum absolute atomic E-state index is 0.287. The van der Waals surface area contributed by atoms with Gasteiger partial charge in [0.15, 0.2) is 0 Å². The van der Waals surface area contributed by atoms with Crippen LogP contribution in [0, 0.1) is 6.92 Å². The van der Waals surface area contributed by atoms with Gasteiger partial charge in [0.2, 0.25) is 5.28 Å². The van der Waals surface area contributed by atoms with Gasteiger partial charge < -0.3 is 9.80 Å². The standard InChI is InChI=1S/C16H19ClN4/c1-12-10-18-16(17)19-15(12)21-9-8-20(2)11-14(21)13-6-4-3-5-7-13/h3-7,10,14H,8-9,11H2,1-2H3. The zero-order valence-electron chi connectivity index (χ0n) is 12.3. The molecule has 1 aromatic heterocycles. The lowest BCUT2D eigenvalue weighted by Gasteiger charge is -2.41. The van der Waals surface area contributed by atoms with Gasteiger partial charge in [-0.1, -0.05) is 30.3 Å². The number of anilines is 1. The Labute approximate surface area is 130 Å². The number of aryl methyl sites for hydroxylation is 1. The van der Waals surface area contributed by atoms with Gasteiger partial charge in [-0.2, -0.15) is 0 Å². The second kappa shape index (κ2) is 6.00. The molecule has 2 aromatic rings. The van der Waals surface area contributed by atoms with Crippen molar-refractivity contribution in [1.82, 2.24) is 14.9 Å². The largest absolute Gasteiger partial charge is 0.347 e. The van der Waals surface area contributed by atoms with Crippen molar-refractivity contribution in [2.75, 3.05) is 31.6 Å². The molecular formula is C16H19ClN4. The van der Waals surface area contributed by atoms with Crippen molar-refractivity contribution in [2.45, 2.75) is 13.0 Å². The molecule has 1 aliphatic rings. The van der Waals surface area contributed by atoms with Crippen LogP contribution in [-0.2, 0) is 0 Å². The number of benzene rings is 1. The number of aromatic nitrogens is 2. The van der Waals surface area contributed by atoms with Crippen molar-refractivity contribution in [3.05, 3.63) is 52.9 Å². The van der Waals surface area contributed by atoms with Crippen LogP contribution in [0.3, 0.4) is 0 Å². The molecule has 0 radical (unpaired) electrons. The number of hydrogen-bond acceptors (Lipinski definition) is 4. The average molecular weight is 303 g/mol. The summed E-state index contributed by atoms with van der Waals surface area (Å²) in [4.78, 5) is 13.2. The Morgan fingerprint density at radius 1 is 1.19 bits per heavy atom. The smallest absolute Gasteiger partial charge is 0.224 e. The van der Waals surface area contributed by atoms with Gasteiger partial charge >= 0.3 is 0 Å². The summed E-state index contributed by atoms with van der Waals surface area (Å²) in [6.45, 7) is 4.96. The van der Waals surface area contributed by atoms with Crippen LogP contribution in [-0.4, -0.2) is 41.5 Å². The second-order valence-electron chi connectivity index (χ2n) is 5.53. The molecule has 1 atom stereocenters. The first-order chi connectivity index (χ1) is 10.1. The lowest BCUT2D eigenvalue weighted by atomic mass is 10.0. The van der Waals surface area contributed by atoms with Crippen LogP contribution < -0.4 is 4.90 Å². The third kappa shape index (κ3) is 3.01. The molecular weight excluding hydrogens is 284 g/mol. The summed E-state index contributed by atoms with van der Waals surface area (Å²) < 4.78 is 0. The number of nitrogens with zero attached hydrogens (tertiary/aromatic N) is 4. The van der Waals surface area contributed by atoms with Crippen LogP contribution in [0.5, 0.6) is 0 Å². The molecule has 0 bridgehead atoms. The van der Waals surface area contributed by atoms with E-state index >= 15 is 0 Å². The summed E-state index contributed by atoms with van der Waals surface area (Å²) in [5, 5.41) is 0.307. The fourth-order valence-corrected chi connectivity index (χ4v) is 2.97. The summed E-state index contributed by atoms with van der Waals surface area (Å²) in [6.07, 6.45) is 1.80. The molecule has 5 heteroatoms. The van der Waals surface area contributed by atoms with Crippen LogP contribution in [0.2, 0.25) is 5.28 Å². The molecule has 4 nitrogen and oxygen atoms in total. The summed E-state index contributed by atoms with van der Waals surface area (Å²) in [6, 6.07) is 10.9. The molecule has 1 aromatic carbocycles. The lowest BCUT2D eigenvalue weighted by molar-refractivity contribution is 0.268. The van der Waals surface area contributed by atoms with Crippen LogP contribution in [0.15, 0.2) is 36.5 Å². The molecule has 0 saturated carbocycles. The van der Waals surface area contributed by atoms with Gasteiger partial charge in [0, 0.05) is 31.4 Å². The van der Waals surface area contributed by atoms with Crippen LogP contribution in [0.4, 0.5) is 5.82 Å². The zero-order chi connectivity index (χ0) is 14.8. The van der Waals surface area contributed by atoms with Crippen LogP contribution in [0.1, 0.15) is 17.2 Å². The van der Waals surface area contributed by atoms with Crippen molar-refractivity contribution in [3.8, 4) is 0 Å². The van der Waals surface area contributed by atoms with Crippen molar-refractivity contribution >= 4 is 17.4 Å². The molecule has 0 N–H and O–H groups in total. The van der Waals surface area contributed by atoms with E-state index in [9.17, 15) is 0 Å². The Hall–Kier alpha value is -1.65. The van der Waals surface area contributed by atoms with E-state index in [-0.39, 0.29) is 6.04 Å². The lowest BCUT2D eigenvalue weighted by Crippen LogP contribution is -2.47. The van der Waals surface area contributed by atoms with E-state index in [2.05, 4.69) is 51.1 Å². The summed E-state index contributed by atoms with van der Waals surface area (Å²) in [5.41, 5.74) is 2.36. The van der Waals surface area contributed by atoms with E-state index in [0.29, 0.717) is 5.28 Å². The van der Waals surface area contributed by atoms with E-state index in [4.69, 9.17) is 11.6 Å². The Balaban J connectivity index is 2.00. The van der Waals surface area contributed by atoms with Gasteiger partial charge in [0.25, 0.3) is 0 Å². The molecule has 1 saturated heterocycles. The van der Waals surface area contributed by atoms with Gasteiger partial charge in [-0.25, -0.2) is 9.97 Å². The van der Waals surface area contributed by atoms with Crippen molar-refractivity contribution in [3.63, 3.8) is 0 Å². The molecule has 21 heavy (non-hydrogen) atoms. The predicted molar refractivity (Wildman–Crippen MR) is 85.8 cm³/mol. The van der Waals surface area contributed by atoms with E-state index in [0.717, 1.165) is 31.0 Å². The maximum atomic E-state index is 6.00. The molecule has 0 aliphatic carbocycles. The highest BCUT2D eigenvalue weighted by Gasteiger charge is 2.28. The van der Waals surface area contributed by atoms with E-state index in [1.165, 1.54) is 5.56 Å². The number of piperazine rings is 1. The molecule has 110 valence electrons. The van der Waals surface area contributed by atoms with Crippen LogP contribution >= 0.6 is 11.6 Å². The van der Waals surface area contributed by atoms with Crippen LogP contribution in [0.25, 0.3) is 0 Å². The second-order valence-corrected chi connectivity index (χ2v) is 5.87. The van der Waals surface area contributed by atoms with Crippen molar-refractivity contribution in [1.29, 1.82) is 0 Å². The molecule has 0 spiro atoms. The monoisotopic (exact) mass is 302 g/mol. The van der Waals surface area contributed by atoms with Gasteiger partial charge in [-0.05, 0) is 31.1 Å². The minimum Gasteiger partial charge on any atom is -0.347 e. The van der Waals surface area contributed by atoms with Gasteiger partial charge in [0.05, 0.1) is 6.04 Å². The van der Waals surface area contributed by atoms with Gasteiger partial charge in [-0.3, -0.25) is 0 Å². The quantitative estimate of drug-likeness (QED) is 0.799. The minimum atomic E-state index is 0.287. The number of hydrogen-bond donors (Lipinski definition) is 0. The highest BCUT2D eigenvalue weighted by atomic mass is 35.5. The molecule has 3 rings (SSSR count). The topological polar surface area (TPSA) is 32.3 Å². The maximum Gasteiger partial charge on any atom is 0.224 e. The van der Waals surface area contributed by atoms with Gasteiger partial charge in [-0.15, -0.1) is 0 Å². The first-order valence-electron chi connectivity index (χ1n) is 7.14. The van der Waals surface area contributed by atoms with Crippen molar-refractivity contribution in [2.24, 2.45) is 0 Å². The van der Waals surface area contributed by atoms with Gasteiger partial charge in [0.1, 0.15) is 5.82 Å². The van der Waals surface area contributed by atoms with E-state index in [1.807, 2.05) is 13.0 Å². The summed E-state index contributed by atoms with van der Waals surface area (Å²) in [5.74, 6) is 0.942. The third-order valence-corrected chi connectivity index (χ3v) is 4.14. The number of halogens is 1. The Morgan fingerprint density at radius 3 is 2.71 bits per heavy atom. The normalized spacial score (nSPS) is 19.8. The Kier molecular flexibility index (Phi) is 4.08. The number of rotatable bonds is 2. The maximum absolute atomic E-state index is 6.00. The number of likely N-dealkylation sites (N-methyl/N-ethyl adjacent to an activating group) is 1. The first-order valence-corrected chi connectivity index (χ1v) is 7.52. The van der Waals surface area contributed by atoms with E-state index in [1.54, 1.807) is 6.20 Å². The summed E-state index contributed by atoms with van der Waals surface area (Å²) >= 11 is 6.00. The van der Waals surface area contributed by atoms with Crippen molar-refractivity contribution < 1.29 is 0 Å². The molecule has 1 fully saturated rings. The molecule has 2 heterocycles. The zero-order valence-corrected chi connectivity index (χ0v) is 13.1. The third-order valence-electron chi connectivity index (χ3n) is 3.96. The molecule has 1 unspecified atom stereocenters. The fourth-order valence-electron chi connectivity index (χ4n) is 2.84.